The number of ether oxygens (including phenoxy) is 1. The fourth-order valence-electron chi connectivity index (χ4n) is 1.01. The molecule has 1 heterocycles. The van der Waals surface area contributed by atoms with Gasteiger partial charge in [0.15, 0.2) is 0 Å². The third-order valence-electron chi connectivity index (χ3n) is 1.82. The Balaban J connectivity index is 2.58. The summed E-state index contributed by atoms with van der Waals surface area (Å²) in [5.74, 6) is 0. The summed E-state index contributed by atoms with van der Waals surface area (Å²) in [4.78, 5) is 0. The fourth-order valence-corrected chi connectivity index (χ4v) is 1.01. The molecule has 0 bridgehead atoms. The Morgan fingerprint density at radius 3 is 2.82 bits per heavy atom. The van der Waals surface area contributed by atoms with E-state index in [2.05, 4.69) is 0 Å². The molecule has 0 saturated carbocycles. The standard InChI is InChI=1S/C8H13NO2/c1-7(11-2)8-5-3-4-6-9(8)10/h3-8,10H,1-2H3. The number of hydrogen-bond donors (Lipinski definition) is 1. The monoisotopic (exact) mass is 155 g/mol. The normalized spacial score (nSPS) is 25.7. The van der Waals surface area contributed by atoms with E-state index in [1.165, 1.54) is 0 Å². The van der Waals surface area contributed by atoms with Gasteiger partial charge in [-0.3, -0.25) is 10.3 Å². The predicted molar refractivity (Wildman–Crippen MR) is 42.2 cm³/mol. The molecule has 3 nitrogen and oxygen atoms in total. The van der Waals surface area contributed by atoms with Crippen molar-refractivity contribution in [1.29, 1.82) is 0 Å². The molecule has 0 aromatic carbocycles. The Morgan fingerprint density at radius 2 is 2.27 bits per heavy atom. The first-order valence-electron chi connectivity index (χ1n) is 3.60. The summed E-state index contributed by atoms with van der Waals surface area (Å²) >= 11 is 0. The van der Waals surface area contributed by atoms with Crippen LogP contribution in [0, 0.1) is 0 Å². The molecule has 2 atom stereocenters. The third kappa shape index (κ3) is 1.82. The van der Waals surface area contributed by atoms with Crippen LogP contribution in [0.2, 0.25) is 0 Å². The maximum absolute atomic E-state index is 9.29. The zero-order valence-corrected chi connectivity index (χ0v) is 6.77. The van der Waals surface area contributed by atoms with Gasteiger partial charge in [-0.05, 0) is 13.0 Å². The van der Waals surface area contributed by atoms with E-state index in [4.69, 9.17) is 4.74 Å². The molecule has 0 spiro atoms. The minimum atomic E-state index is -0.0648. The molecule has 1 N–H and O–H groups in total. The van der Waals surface area contributed by atoms with E-state index >= 15 is 0 Å². The van der Waals surface area contributed by atoms with Crippen LogP contribution in [0.1, 0.15) is 6.92 Å². The van der Waals surface area contributed by atoms with Crippen LogP contribution in [0.25, 0.3) is 0 Å². The van der Waals surface area contributed by atoms with Gasteiger partial charge in [-0.25, -0.2) is 0 Å². The summed E-state index contributed by atoms with van der Waals surface area (Å²) in [5.41, 5.74) is 0. The Kier molecular flexibility index (Phi) is 2.68. The summed E-state index contributed by atoms with van der Waals surface area (Å²) < 4.78 is 5.07. The second-order valence-corrected chi connectivity index (χ2v) is 2.54. The average Bonchev–Trinajstić information content (AvgIpc) is 2.04. The molecule has 11 heavy (non-hydrogen) atoms. The second-order valence-electron chi connectivity index (χ2n) is 2.54. The van der Waals surface area contributed by atoms with Crippen LogP contribution in [0.15, 0.2) is 24.4 Å². The van der Waals surface area contributed by atoms with Gasteiger partial charge in [0.25, 0.3) is 0 Å². The number of methoxy groups -OCH3 is 1. The number of hydrogen-bond acceptors (Lipinski definition) is 3. The molecule has 2 unspecified atom stereocenters. The topological polar surface area (TPSA) is 32.7 Å². The first-order chi connectivity index (χ1) is 5.25. The van der Waals surface area contributed by atoms with Crippen LogP contribution in [0.5, 0.6) is 0 Å². The molecule has 0 aromatic rings. The minimum Gasteiger partial charge on any atom is -0.379 e. The summed E-state index contributed by atoms with van der Waals surface area (Å²) in [6, 6.07) is -0.0648. The fraction of sp³-hybridized carbons (Fsp3) is 0.500. The minimum absolute atomic E-state index is 0.00111. The van der Waals surface area contributed by atoms with E-state index in [1.807, 2.05) is 19.1 Å². The SMILES string of the molecule is COC(C)C1C=CC=CN1O. The Bertz CT molecular complexity index is 177. The molecule has 0 radical (unpaired) electrons. The molecule has 0 aromatic heterocycles. The smallest absolute Gasteiger partial charge is 0.0998 e. The summed E-state index contributed by atoms with van der Waals surface area (Å²) in [6.45, 7) is 1.91. The van der Waals surface area contributed by atoms with Gasteiger partial charge in [0.05, 0.1) is 12.1 Å². The Morgan fingerprint density at radius 1 is 1.55 bits per heavy atom. The lowest BCUT2D eigenvalue weighted by Crippen LogP contribution is -2.37. The van der Waals surface area contributed by atoms with Gasteiger partial charge in [0.1, 0.15) is 0 Å². The van der Waals surface area contributed by atoms with E-state index in [0.29, 0.717) is 0 Å². The quantitative estimate of drug-likeness (QED) is 0.649. The molecule has 1 aliphatic rings. The van der Waals surface area contributed by atoms with Crippen molar-refractivity contribution in [1.82, 2.24) is 5.06 Å². The number of rotatable bonds is 2. The van der Waals surface area contributed by atoms with E-state index in [0.717, 1.165) is 5.06 Å². The maximum Gasteiger partial charge on any atom is 0.0998 e. The van der Waals surface area contributed by atoms with Gasteiger partial charge in [0, 0.05) is 13.3 Å². The van der Waals surface area contributed by atoms with Crippen molar-refractivity contribution >= 4 is 0 Å². The molecule has 0 aliphatic carbocycles. The highest BCUT2D eigenvalue weighted by Crippen LogP contribution is 2.10. The van der Waals surface area contributed by atoms with E-state index < -0.39 is 0 Å². The van der Waals surface area contributed by atoms with Gasteiger partial charge >= 0.3 is 0 Å². The molecule has 1 rings (SSSR count). The number of allylic oxidation sites excluding steroid dienone is 2. The van der Waals surface area contributed by atoms with Crippen LogP contribution < -0.4 is 0 Å². The van der Waals surface area contributed by atoms with Gasteiger partial charge in [0.2, 0.25) is 0 Å². The molecule has 3 heteroatoms. The van der Waals surface area contributed by atoms with E-state index in [-0.39, 0.29) is 12.1 Å². The largest absolute Gasteiger partial charge is 0.379 e. The summed E-state index contributed by atoms with van der Waals surface area (Å²) in [6.07, 6.45) is 7.18. The molecule has 0 fully saturated rings. The average molecular weight is 155 g/mol. The number of nitrogens with zero attached hydrogens (tertiary/aromatic N) is 1. The lowest BCUT2D eigenvalue weighted by Gasteiger charge is -2.28. The van der Waals surface area contributed by atoms with Crippen molar-refractivity contribution in [2.75, 3.05) is 7.11 Å². The lowest BCUT2D eigenvalue weighted by atomic mass is 10.1. The van der Waals surface area contributed by atoms with Crippen LogP contribution >= 0.6 is 0 Å². The highest BCUT2D eigenvalue weighted by molar-refractivity contribution is 5.12. The summed E-state index contributed by atoms with van der Waals surface area (Å²) in [5, 5.41) is 10.4. The highest BCUT2D eigenvalue weighted by Gasteiger charge is 2.19. The summed E-state index contributed by atoms with van der Waals surface area (Å²) in [7, 11) is 1.63. The van der Waals surface area contributed by atoms with Crippen molar-refractivity contribution in [3.05, 3.63) is 24.4 Å². The van der Waals surface area contributed by atoms with Crippen molar-refractivity contribution in [2.45, 2.75) is 19.1 Å². The maximum atomic E-state index is 9.29. The molecule has 0 saturated heterocycles. The van der Waals surface area contributed by atoms with Crippen LogP contribution in [-0.2, 0) is 4.74 Å². The first-order valence-corrected chi connectivity index (χ1v) is 3.60. The van der Waals surface area contributed by atoms with Crippen LogP contribution in [-0.4, -0.2) is 29.5 Å². The molecule has 1 aliphatic heterocycles. The zero-order valence-electron chi connectivity index (χ0n) is 6.77. The van der Waals surface area contributed by atoms with Gasteiger partial charge < -0.3 is 4.74 Å². The van der Waals surface area contributed by atoms with Crippen molar-refractivity contribution in [2.24, 2.45) is 0 Å². The number of hydroxylamine groups is 2. The molecule has 0 amide bonds. The van der Waals surface area contributed by atoms with E-state index in [1.54, 1.807) is 19.4 Å². The zero-order chi connectivity index (χ0) is 8.27. The second kappa shape index (κ2) is 3.55. The first kappa shape index (κ1) is 8.30. The molecule has 62 valence electrons. The molecular formula is C8H13NO2. The van der Waals surface area contributed by atoms with Crippen molar-refractivity contribution < 1.29 is 9.94 Å². The lowest BCUT2D eigenvalue weighted by molar-refractivity contribution is -0.102. The third-order valence-corrected chi connectivity index (χ3v) is 1.82. The Labute approximate surface area is 66.5 Å². The van der Waals surface area contributed by atoms with Gasteiger partial charge in [-0.15, -0.1) is 0 Å². The van der Waals surface area contributed by atoms with Gasteiger partial charge in [-0.2, -0.15) is 0 Å². The van der Waals surface area contributed by atoms with E-state index in [9.17, 15) is 5.21 Å². The van der Waals surface area contributed by atoms with Gasteiger partial charge in [-0.1, -0.05) is 12.2 Å². The predicted octanol–water partition coefficient (Wildman–Crippen LogP) is 1.16. The highest BCUT2D eigenvalue weighted by atomic mass is 16.5. The Hall–Kier alpha value is -0.800. The van der Waals surface area contributed by atoms with Crippen LogP contribution in [0.3, 0.4) is 0 Å². The van der Waals surface area contributed by atoms with Crippen molar-refractivity contribution in [3.63, 3.8) is 0 Å². The van der Waals surface area contributed by atoms with Crippen LogP contribution in [0.4, 0.5) is 0 Å². The molecular weight excluding hydrogens is 142 g/mol. The van der Waals surface area contributed by atoms with Crippen molar-refractivity contribution in [3.8, 4) is 0 Å².